The molecule has 0 N–H and O–H groups in total. The molecule has 0 radical (unpaired) electrons. The molecular weight excluding hydrogens is 356 g/mol. The normalized spacial score (nSPS) is 10.7. The lowest BCUT2D eigenvalue weighted by atomic mass is 10.1. The molecule has 0 aliphatic carbocycles. The third-order valence-electron chi connectivity index (χ3n) is 4.01. The number of fused-ring (bicyclic) bond motifs is 1. The molecule has 0 atom stereocenters. The molecule has 134 valence electrons. The van der Waals surface area contributed by atoms with Gasteiger partial charge in [-0.15, -0.1) is 11.3 Å². The van der Waals surface area contributed by atoms with Crippen LogP contribution in [0, 0.1) is 6.92 Å². The van der Waals surface area contributed by atoms with Crippen LogP contribution in [0.5, 0.6) is 5.75 Å². The van der Waals surface area contributed by atoms with Crippen molar-refractivity contribution in [2.75, 3.05) is 14.2 Å². The topological polar surface area (TPSA) is 87.5 Å². The zero-order valence-corrected chi connectivity index (χ0v) is 15.3. The maximum atomic E-state index is 12.7. The summed E-state index contributed by atoms with van der Waals surface area (Å²) in [6.45, 7) is 1.53. The Bertz CT molecular complexity index is 1050. The van der Waals surface area contributed by atoms with Crippen molar-refractivity contribution in [3.05, 3.63) is 57.0 Å². The molecule has 0 bridgehead atoms. The molecule has 26 heavy (non-hydrogen) atoms. The molecular formula is C18H16N2O5S. The SMILES string of the molecule is COC(=O)c1sc2ncn(CC(=O)c3ccc(OC)cc3)c(=O)c2c1C. The first-order chi connectivity index (χ1) is 12.5. The Balaban J connectivity index is 1.96. The van der Waals surface area contributed by atoms with E-state index in [0.717, 1.165) is 11.3 Å². The van der Waals surface area contributed by atoms with Crippen LogP contribution in [0.25, 0.3) is 10.2 Å². The second-order valence-corrected chi connectivity index (χ2v) is 6.56. The van der Waals surface area contributed by atoms with Crippen LogP contribution in [-0.2, 0) is 11.3 Å². The van der Waals surface area contributed by atoms with Crippen molar-refractivity contribution in [1.82, 2.24) is 9.55 Å². The number of Topliss-reactive ketones (excluding diaryl/α,β-unsaturated/α-hetero) is 1. The van der Waals surface area contributed by atoms with Crippen molar-refractivity contribution in [3.8, 4) is 5.75 Å². The molecule has 0 fully saturated rings. The highest BCUT2D eigenvalue weighted by Crippen LogP contribution is 2.27. The van der Waals surface area contributed by atoms with Gasteiger partial charge in [0.2, 0.25) is 0 Å². The van der Waals surface area contributed by atoms with Gasteiger partial charge >= 0.3 is 5.97 Å². The lowest BCUT2D eigenvalue weighted by Crippen LogP contribution is -2.24. The van der Waals surface area contributed by atoms with Crippen LogP contribution in [0.3, 0.4) is 0 Å². The van der Waals surface area contributed by atoms with Crippen LogP contribution in [0.4, 0.5) is 0 Å². The Morgan fingerprint density at radius 2 is 1.88 bits per heavy atom. The number of hydrogen-bond donors (Lipinski definition) is 0. The number of aromatic nitrogens is 2. The van der Waals surface area contributed by atoms with Gasteiger partial charge in [0, 0.05) is 5.56 Å². The zero-order valence-electron chi connectivity index (χ0n) is 14.4. The summed E-state index contributed by atoms with van der Waals surface area (Å²) in [5, 5.41) is 0.334. The number of methoxy groups -OCH3 is 2. The summed E-state index contributed by atoms with van der Waals surface area (Å²) in [5.41, 5.74) is 0.622. The van der Waals surface area contributed by atoms with Crippen molar-refractivity contribution in [1.29, 1.82) is 0 Å². The Morgan fingerprint density at radius 3 is 2.50 bits per heavy atom. The van der Waals surface area contributed by atoms with E-state index >= 15 is 0 Å². The molecule has 2 heterocycles. The van der Waals surface area contributed by atoms with Crippen molar-refractivity contribution >= 4 is 33.3 Å². The van der Waals surface area contributed by atoms with Crippen molar-refractivity contribution in [2.45, 2.75) is 13.5 Å². The van der Waals surface area contributed by atoms with E-state index in [1.807, 2.05) is 0 Å². The first-order valence-corrected chi connectivity index (χ1v) is 8.52. The fourth-order valence-corrected chi connectivity index (χ4v) is 3.64. The highest BCUT2D eigenvalue weighted by atomic mass is 32.1. The number of ketones is 1. The standard InChI is InChI=1S/C18H16N2O5S/c1-10-14-16(26-15(10)18(23)25-3)19-9-20(17(14)22)8-13(21)11-4-6-12(24-2)7-5-11/h4-7,9H,8H2,1-3H3. The molecule has 0 aliphatic rings. The Hall–Kier alpha value is -3.00. The van der Waals surface area contributed by atoms with Gasteiger partial charge in [0.05, 0.1) is 32.5 Å². The average molecular weight is 372 g/mol. The molecule has 2 aromatic heterocycles. The largest absolute Gasteiger partial charge is 0.497 e. The van der Waals surface area contributed by atoms with Gasteiger partial charge in [0.1, 0.15) is 15.5 Å². The summed E-state index contributed by atoms with van der Waals surface area (Å²) in [6, 6.07) is 6.65. The third kappa shape index (κ3) is 3.11. The van der Waals surface area contributed by atoms with Gasteiger partial charge in [0.25, 0.3) is 5.56 Å². The fourth-order valence-electron chi connectivity index (χ4n) is 2.58. The van der Waals surface area contributed by atoms with Gasteiger partial charge < -0.3 is 9.47 Å². The molecule has 0 saturated heterocycles. The predicted octanol–water partition coefficient (Wildman–Crippen LogP) is 2.44. The van der Waals surface area contributed by atoms with Gasteiger partial charge in [-0.05, 0) is 36.8 Å². The molecule has 7 nitrogen and oxygen atoms in total. The molecule has 0 amide bonds. The number of aryl methyl sites for hydroxylation is 1. The van der Waals surface area contributed by atoms with E-state index in [0.29, 0.717) is 32.0 Å². The van der Waals surface area contributed by atoms with E-state index in [9.17, 15) is 14.4 Å². The second-order valence-electron chi connectivity index (χ2n) is 5.56. The number of carbonyl (C=O) groups is 2. The Labute approximate surface area is 152 Å². The average Bonchev–Trinajstić information content (AvgIpc) is 3.00. The summed E-state index contributed by atoms with van der Waals surface area (Å²) in [4.78, 5) is 42.0. The quantitative estimate of drug-likeness (QED) is 0.505. The molecule has 1 aromatic carbocycles. The molecule has 0 aliphatic heterocycles. The summed E-state index contributed by atoms with van der Waals surface area (Å²) < 4.78 is 11.0. The molecule has 0 saturated carbocycles. The highest BCUT2D eigenvalue weighted by molar-refractivity contribution is 7.20. The maximum Gasteiger partial charge on any atom is 0.348 e. The van der Waals surface area contributed by atoms with E-state index in [1.165, 1.54) is 18.0 Å². The minimum absolute atomic E-state index is 0.142. The number of esters is 1. The summed E-state index contributed by atoms with van der Waals surface area (Å²) in [5.74, 6) is -0.0891. The predicted molar refractivity (Wildman–Crippen MR) is 97.3 cm³/mol. The number of benzene rings is 1. The summed E-state index contributed by atoms with van der Waals surface area (Å²) in [6.07, 6.45) is 1.32. The van der Waals surface area contributed by atoms with Gasteiger partial charge in [0.15, 0.2) is 5.78 Å². The number of nitrogens with zero attached hydrogens (tertiary/aromatic N) is 2. The molecule has 8 heteroatoms. The second kappa shape index (κ2) is 7.09. The lowest BCUT2D eigenvalue weighted by molar-refractivity contribution is 0.0605. The van der Waals surface area contributed by atoms with E-state index in [4.69, 9.17) is 9.47 Å². The first kappa shape index (κ1) is 17.8. The minimum Gasteiger partial charge on any atom is -0.497 e. The van der Waals surface area contributed by atoms with E-state index in [-0.39, 0.29) is 17.9 Å². The van der Waals surface area contributed by atoms with Crippen molar-refractivity contribution < 1.29 is 19.1 Å². The Morgan fingerprint density at radius 1 is 1.19 bits per heavy atom. The van der Waals surface area contributed by atoms with Crippen LogP contribution in [0.15, 0.2) is 35.4 Å². The van der Waals surface area contributed by atoms with Gasteiger partial charge in [-0.1, -0.05) is 0 Å². The first-order valence-electron chi connectivity index (χ1n) is 7.70. The number of rotatable bonds is 5. The van der Waals surface area contributed by atoms with Gasteiger partial charge in [-0.25, -0.2) is 9.78 Å². The number of thiophene rings is 1. The lowest BCUT2D eigenvalue weighted by Gasteiger charge is -2.06. The van der Waals surface area contributed by atoms with E-state index in [2.05, 4.69) is 4.98 Å². The number of ether oxygens (including phenoxy) is 2. The van der Waals surface area contributed by atoms with Crippen LogP contribution in [0.2, 0.25) is 0 Å². The third-order valence-corrected chi connectivity index (χ3v) is 5.19. The molecule has 3 aromatic rings. The number of carbonyl (C=O) groups excluding carboxylic acids is 2. The summed E-state index contributed by atoms with van der Waals surface area (Å²) >= 11 is 1.10. The van der Waals surface area contributed by atoms with E-state index < -0.39 is 5.97 Å². The molecule has 0 unspecified atom stereocenters. The van der Waals surface area contributed by atoms with Crippen LogP contribution < -0.4 is 10.3 Å². The smallest absolute Gasteiger partial charge is 0.348 e. The van der Waals surface area contributed by atoms with Crippen LogP contribution in [-0.4, -0.2) is 35.5 Å². The maximum absolute atomic E-state index is 12.7. The number of hydrogen-bond acceptors (Lipinski definition) is 7. The zero-order chi connectivity index (χ0) is 18.8. The molecule has 0 spiro atoms. The minimum atomic E-state index is -0.509. The van der Waals surface area contributed by atoms with Crippen LogP contribution in [0.1, 0.15) is 25.6 Å². The van der Waals surface area contributed by atoms with Crippen molar-refractivity contribution in [3.63, 3.8) is 0 Å². The van der Waals surface area contributed by atoms with Crippen molar-refractivity contribution in [2.24, 2.45) is 0 Å². The van der Waals surface area contributed by atoms with Gasteiger partial charge in [-0.2, -0.15) is 0 Å². The fraction of sp³-hybridized carbons (Fsp3) is 0.222. The van der Waals surface area contributed by atoms with Crippen LogP contribution >= 0.6 is 11.3 Å². The van der Waals surface area contributed by atoms with E-state index in [1.54, 1.807) is 38.3 Å². The summed E-state index contributed by atoms with van der Waals surface area (Å²) in [7, 11) is 2.83. The molecule has 3 rings (SSSR count). The van der Waals surface area contributed by atoms with Gasteiger partial charge in [-0.3, -0.25) is 14.2 Å². The monoisotopic (exact) mass is 372 g/mol. The Kier molecular flexibility index (Phi) is 4.85. The highest BCUT2D eigenvalue weighted by Gasteiger charge is 2.20.